The lowest BCUT2D eigenvalue weighted by atomic mass is 10.0. The van der Waals surface area contributed by atoms with Gasteiger partial charge in [-0.2, -0.15) is 0 Å². The lowest BCUT2D eigenvalue weighted by Gasteiger charge is -2.11. The maximum absolute atomic E-state index is 15.0. The van der Waals surface area contributed by atoms with Crippen LogP contribution in [0.5, 0.6) is 0 Å². The number of nitrogens with zero attached hydrogens (tertiary/aromatic N) is 4. The van der Waals surface area contributed by atoms with Gasteiger partial charge in [-0.1, -0.05) is 6.07 Å². The summed E-state index contributed by atoms with van der Waals surface area (Å²) in [5, 5.41) is 6.90. The molecule has 0 saturated carbocycles. The van der Waals surface area contributed by atoms with Crippen LogP contribution in [0.3, 0.4) is 0 Å². The molecule has 0 bridgehead atoms. The standard InChI is InChI=1S/C25H26FN7/c26-19-9-15(5-6-18(19)23-14-32-25(33-23)21-4-2-8-28-21)24-30-12-17(13-31-24)16-10-22(29-11-16)20-3-1-7-27-20/h5-6,9,11-14,20-21,27-28H,1-4,7-8,10H2,(H,32,33)/t20-,21-/m0/s1. The van der Waals surface area contributed by atoms with Gasteiger partial charge in [0.05, 0.1) is 17.9 Å². The van der Waals surface area contributed by atoms with E-state index in [0.717, 1.165) is 55.7 Å². The van der Waals surface area contributed by atoms with E-state index in [1.165, 1.54) is 18.2 Å². The van der Waals surface area contributed by atoms with Crippen molar-refractivity contribution >= 4 is 11.3 Å². The maximum Gasteiger partial charge on any atom is 0.159 e. The summed E-state index contributed by atoms with van der Waals surface area (Å²) in [6.45, 7) is 2.05. The van der Waals surface area contributed by atoms with E-state index in [4.69, 9.17) is 0 Å². The summed E-state index contributed by atoms with van der Waals surface area (Å²) in [6.07, 6.45) is 12.6. The number of aromatic amines is 1. The zero-order valence-corrected chi connectivity index (χ0v) is 18.3. The van der Waals surface area contributed by atoms with E-state index in [2.05, 4.69) is 35.6 Å². The van der Waals surface area contributed by atoms with E-state index < -0.39 is 0 Å². The van der Waals surface area contributed by atoms with E-state index in [-0.39, 0.29) is 11.9 Å². The number of nitrogens with one attached hydrogen (secondary N) is 3. The second kappa shape index (κ2) is 8.61. The van der Waals surface area contributed by atoms with Crippen molar-refractivity contribution in [3.8, 4) is 22.6 Å². The molecule has 0 unspecified atom stereocenters. The average Bonchev–Trinajstić information content (AvgIpc) is 3.64. The average molecular weight is 444 g/mol. The molecule has 33 heavy (non-hydrogen) atoms. The molecule has 0 aliphatic carbocycles. The van der Waals surface area contributed by atoms with E-state index in [1.54, 1.807) is 24.7 Å². The first-order valence-corrected chi connectivity index (χ1v) is 11.6. The van der Waals surface area contributed by atoms with E-state index in [1.807, 2.05) is 12.3 Å². The molecule has 6 rings (SSSR count). The van der Waals surface area contributed by atoms with Gasteiger partial charge in [0.1, 0.15) is 11.6 Å². The second-order valence-corrected chi connectivity index (χ2v) is 8.92. The summed E-state index contributed by atoms with van der Waals surface area (Å²) in [5.74, 6) is 1.04. The normalized spacial score (nSPS) is 22.6. The molecule has 3 aliphatic heterocycles. The van der Waals surface area contributed by atoms with Crippen LogP contribution in [0.2, 0.25) is 0 Å². The van der Waals surface area contributed by atoms with E-state index in [0.29, 0.717) is 28.7 Å². The molecule has 168 valence electrons. The highest BCUT2D eigenvalue weighted by Crippen LogP contribution is 2.29. The molecule has 0 spiro atoms. The van der Waals surface area contributed by atoms with Crippen molar-refractivity contribution in [2.75, 3.05) is 13.1 Å². The Morgan fingerprint density at radius 2 is 1.67 bits per heavy atom. The molecule has 5 heterocycles. The molecule has 3 aromatic rings. The second-order valence-electron chi connectivity index (χ2n) is 8.92. The number of rotatable bonds is 5. The Morgan fingerprint density at radius 3 is 2.39 bits per heavy atom. The number of hydrogen-bond donors (Lipinski definition) is 3. The Morgan fingerprint density at radius 1 is 0.879 bits per heavy atom. The van der Waals surface area contributed by atoms with Crippen LogP contribution in [0, 0.1) is 5.82 Å². The molecule has 2 fully saturated rings. The Labute approximate surface area is 191 Å². The summed E-state index contributed by atoms with van der Waals surface area (Å²) in [7, 11) is 0. The lowest BCUT2D eigenvalue weighted by molar-refractivity contribution is 0.612. The molecule has 0 radical (unpaired) electrons. The van der Waals surface area contributed by atoms with Crippen LogP contribution in [0.25, 0.3) is 28.2 Å². The van der Waals surface area contributed by atoms with E-state index >= 15 is 0 Å². The summed E-state index contributed by atoms with van der Waals surface area (Å²) < 4.78 is 15.0. The Hall–Kier alpha value is -3.23. The third kappa shape index (κ3) is 4.00. The van der Waals surface area contributed by atoms with Crippen LogP contribution in [0.15, 0.2) is 48.0 Å². The van der Waals surface area contributed by atoms with Crippen LogP contribution in [-0.2, 0) is 0 Å². The highest BCUT2D eigenvalue weighted by molar-refractivity contribution is 6.01. The summed E-state index contributed by atoms with van der Waals surface area (Å²) >= 11 is 0. The van der Waals surface area contributed by atoms with Crippen molar-refractivity contribution in [3.05, 3.63) is 60.2 Å². The summed E-state index contributed by atoms with van der Waals surface area (Å²) in [4.78, 5) is 21.3. The number of benzene rings is 1. The quantitative estimate of drug-likeness (QED) is 0.554. The van der Waals surface area contributed by atoms with Gasteiger partial charge in [0.2, 0.25) is 0 Å². The number of H-pyrrole nitrogens is 1. The van der Waals surface area contributed by atoms with Gasteiger partial charge in [0.25, 0.3) is 0 Å². The summed E-state index contributed by atoms with van der Waals surface area (Å²) in [5.41, 5.74) is 5.09. The topological polar surface area (TPSA) is 90.9 Å². The third-order valence-electron chi connectivity index (χ3n) is 6.75. The minimum Gasteiger partial charge on any atom is -0.341 e. The highest BCUT2D eigenvalue weighted by Gasteiger charge is 2.24. The van der Waals surface area contributed by atoms with Gasteiger partial charge in [0, 0.05) is 53.5 Å². The monoisotopic (exact) mass is 443 g/mol. The van der Waals surface area contributed by atoms with Gasteiger partial charge in [-0.15, -0.1) is 0 Å². The van der Waals surface area contributed by atoms with Crippen molar-refractivity contribution in [2.24, 2.45) is 4.99 Å². The van der Waals surface area contributed by atoms with Crippen molar-refractivity contribution in [1.82, 2.24) is 30.6 Å². The molecule has 7 nitrogen and oxygen atoms in total. The number of aliphatic imine (C=N–C) groups is 1. The molecule has 2 aromatic heterocycles. The number of halogens is 1. The van der Waals surface area contributed by atoms with Gasteiger partial charge in [-0.05, 0) is 56.5 Å². The molecular weight excluding hydrogens is 417 g/mol. The van der Waals surface area contributed by atoms with Crippen LogP contribution in [-0.4, -0.2) is 44.8 Å². The minimum atomic E-state index is -0.324. The zero-order valence-electron chi connectivity index (χ0n) is 18.3. The number of imidazole rings is 1. The van der Waals surface area contributed by atoms with Crippen LogP contribution in [0.1, 0.15) is 49.5 Å². The van der Waals surface area contributed by atoms with Crippen molar-refractivity contribution in [1.29, 1.82) is 0 Å². The Kier molecular flexibility index (Phi) is 5.32. The maximum atomic E-state index is 15.0. The fraction of sp³-hybridized carbons (Fsp3) is 0.360. The molecule has 2 atom stereocenters. The predicted molar refractivity (Wildman–Crippen MR) is 126 cm³/mol. The number of aromatic nitrogens is 4. The van der Waals surface area contributed by atoms with Gasteiger partial charge in [0.15, 0.2) is 5.82 Å². The number of allylic oxidation sites excluding steroid dienone is 1. The van der Waals surface area contributed by atoms with Crippen molar-refractivity contribution < 1.29 is 4.39 Å². The lowest BCUT2D eigenvalue weighted by Crippen LogP contribution is -2.29. The largest absolute Gasteiger partial charge is 0.341 e. The van der Waals surface area contributed by atoms with Crippen LogP contribution < -0.4 is 10.6 Å². The molecular formula is C25H26FN7. The van der Waals surface area contributed by atoms with Crippen molar-refractivity contribution in [2.45, 2.75) is 44.2 Å². The fourth-order valence-electron chi connectivity index (χ4n) is 4.89. The van der Waals surface area contributed by atoms with E-state index in [9.17, 15) is 4.39 Å². The Bertz CT molecular complexity index is 1220. The van der Waals surface area contributed by atoms with Gasteiger partial charge >= 0.3 is 0 Å². The first kappa shape index (κ1) is 20.4. The van der Waals surface area contributed by atoms with Crippen molar-refractivity contribution in [3.63, 3.8) is 0 Å². The third-order valence-corrected chi connectivity index (χ3v) is 6.75. The molecule has 0 amide bonds. The van der Waals surface area contributed by atoms with Crippen LogP contribution in [0.4, 0.5) is 4.39 Å². The predicted octanol–water partition coefficient (Wildman–Crippen LogP) is 4.03. The molecule has 8 heteroatoms. The molecule has 1 aromatic carbocycles. The highest BCUT2D eigenvalue weighted by atomic mass is 19.1. The zero-order chi connectivity index (χ0) is 22.2. The van der Waals surface area contributed by atoms with Crippen LogP contribution >= 0.6 is 0 Å². The smallest absolute Gasteiger partial charge is 0.159 e. The first-order valence-electron chi connectivity index (χ1n) is 11.6. The number of hydrogen-bond acceptors (Lipinski definition) is 6. The molecule has 3 N–H and O–H groups in total. The Balaban J connectivity index is 1.16. The van der Waals surface area contributed by atoms with Gasteiger partial charge < -0.3 is 15.6 Å². The minimum absolute atomic E-state index is 0.221. The van der Waals surface area contributed by atoms with Gasteiger partial charge in [-0.25, -0.2) is 19.3 Å². The molecule has 3 aliphatic rings. The SMILES string of the molecule is Fc1cc(-c2ncc(C3=CN=C([C@@H]4CCCN4)C3)cn2)ccc1-c1cnc([C@@H]2CCCN2)[nH]1. The molecule has 2 saturated heterocycles. The first-order chi connectivity index (χ1) is 16.2. The van der Waals surface area contributed by atoms with Gasteiger partial charge in [-0.3, -0.25) is 4.99 Å². The fourth-order valence-corrected chi connectivity index (χ4v) is 4.89. The summed E-state index contributed by atoms with van der Waals surface area (Å²) in [6, 6.07) is 5.71.